The highest BCUT2D eigenvalue weighted by Gasteiger charge is 2.65. The molecule has 1 aliphatic carbocycles. The van der Waals surface area contributed by atoms with E-state index in [1.54, 1.807) is 0 Å². The lowest BCUT2D eigenvalue weighted by atomic mass is 10.1. The van der Waals surface area contributed by atoms with Crippen LogP contribution in [-0.2, 0) is 9.53 Å². The molecule has 0 radical (unpaired) electrons. The van der Waals surface area contributed by atoms with Crippen LogP contribution in [0.2, 0.25) is 0 Å². The third kappa shape index (κ3) is 2.01. The predicted molar refractivity (Wildman–Crippen MR) is 63.9 cm³/mol. The lowest BCUT2D eigenvalue weighted by Gasteiger charge is -2.13. The molecule has 1 rings (SSSR count). The van der Waals surface area contributed by atoms with Gasteiger partial charge in [0.15, 0.2) is 0 Å². The lowest BCUT2D eigenvalue weighted by Crippen LogP contribution is -2.16. The van der Waals surface area contributed by atoms with Gasteiger partial charge >= 0.3 is 5.97 Å². The Bertz CT molecular complexity index is 238. The third-order valence-corrected chi connectivity index (χ3v) is 5.79. The molecule has 14 heavy (non-hydrogen) atoms. The van der Waals surface area contributed by atoms with Crippen molar-refractivity contribution >= 4 is 37.8 Å². The van der Waals surface area contributed by atoms with Crippen molar-refractivity contribution < 1.29 is 9.53 Å². The number of ether oxygens (including phenoxy) is 1. The number of methoxy groups -OCH3 is 1. The molecule has 1 fully saturated rings. The van der Waals surface area contributed by atoms with Crippen molar-refractivity contribution in [3.8, 4) is 0 Å². The van der Waals surface area contributed by atoms with Gasteiger partial charge in [0.1, 0.15) is 0 Å². The van der Waals surface area contributed by atoms with Crippen LogP contribution in [-0.4, -0.2) is 22.7 Å². The number of halogens is 2. The summed E-state index contributed by atoms with van der Waals surface area (Å²) in [5.41, 5.74) is 0.0588. The molecule has 2 unspecified atom stereocenters. The first-order valence-corrected chi connectivity index (χ1v) is 6.53. The van der Waals surface area contributed by atoms with Gasteiger partial charge in [0.25, 0.3) is 0 Å². The average Bonchev–Trinajstić information content (AvgIpc) is 2.66. The van der Waals surface area contributed by atoms with E-state index in [0.717, 1.165) is 0 Å². The van der Waals surface area contributed by atoms with E-state index in [1.165, 1.54) is 7.11 Å². The molecule has 1 saturated carbocycles. The van der Waals surface area contributed by atoms with Gasteiger partial charge < -0.3 is 4.74 Å². The summed E-state index contributed by atoms with van der Waals surface area (Å²) >= 11 is 7.16. The minimum atomic E-state index is -0.0856. The second kappa shape index (κ2) is 4.12. The highest BCUT2D eigenvalue weighted by atomic mass is 79.9. The van der Waals surface area contributed by atoms with E-state index >= 15 is 0 Å². The predicted octanol–water partition coefficient (Wildman–Crippen LogP) is 2.98. The van der Waals surface area contributed by atoms with Crippen molar-refractivity contribution in [2.24, 2.45) is 17.3 Å². The number of alkyl halides is 2. The third-order valence-electron chi connectivity index (χ3n) is 3.15. The first-order valence-electron chi connectivity index (χ1n) is 4.70. The van der Waals surface area contributed by atoms with E-state index in [1.807, 2.05) is 0 Å². The molecule has 1 aliphatic rings. The van der Waals surface area contributed by atoms with Crippen molar-refractivity contribution in [1.82, 2.24) is 0 Å². The minimum absolute atomic E-state index is 0.0388. The van der Waals surface area contributed by atoms with Gasteiger partial charge in [-0.2, -0.15) is 0 Å². The molecule has 0 N–H and O–H groups in total. The molecular formula is C10H16Br2O2. The fraction of sp³-hybridized carbons (Fsp3) is 0.900. The topological polar surface area (TPSA) is 26.3 Å². The van der Waals surface area contributed by atoms with Crippen molar-refractivity contribution in [3.05, 3.63) is 0 Å². The zero-order valence-electron chi connectivity index (χ0n) is 8.88. The summed E-state index contributed by atoms with van der Waals surface area (Å²) in [5.74, 6) is 0.318. The van der Waals surface area contributed by atoms with E-state index in [4.69, 9.17) is 4.74 Å². The maximum Gasteiger partial charge on any atom is 0.309 e. The Morgan fingerprint density at radius 3 is 2.29 bits per heavy atom. The van der Waals surface area contributed by atoms with Crippen LogP contribution >= 0.6 is 31.9 Å². The summed E-state index contributed by atoms with van der Waals surface area (Å²) < 4.78 is 4.79. The van der Waals surface area contributed by atoms with E-state index in [2.05, 4.69) is 52.6 Å². The van der Waals surface area contributed by atoms with Crippen molar-refractivity contribution in [2.45, 2.75) is 30.4 Å². The van der Waals surface area contributed by atoms with Crippen LogP contribution in [0.5, 0.6) is 0 Å². The first kappa shape index (κ1) is 12.5. The van der Waals surface area contributed by atoms with Crippen LogP contribution in [0.3, 0.4) is 0 Å². The molecule has 0 aromatic heterocycles. The number of rotatable bonds is 3. The molecule has 0 aromatic rings. The van der Waals surface area contributed by atoms with Gasteiger partial charge in [0.2, 0.25) is 0 Å². The van der Waals surface area contributed by atoms with Crippen LogP contribution in [0, 0.1) is 17.3 Å². The molecule has 0 heterocycles. The molecule has 0 spiro atoms. The second-order valence-corrected chi connectivity index (χ2v) is 6.97. The van der Waals surface area contributed by atoms with Crippen LogP contribution < -0.4 is 0 Å². The average molecular weight is 328 g/mol. The number of carbonyl (C=O) groups is 1. The Kier molecular flexibility index (Phi) is 3.68. The monoisotopic (exact) mass is 326 g/mol. The van der Waals surface area contributed by atoms with Crippen LogP contribution in [0.15, 0.2) is 0 Å². The van der Waals surface area contributed by atoms with E-state index < -0.39 is 0 Å². The van der Waals surface area contributed by atoms with E-state index in [9.17, 15) is 4.79 Å². The number of carbonyl (C=O) groups excluding carboxylic acids is 1. The standard InChI is InChI=1S/C10H16Br2O2/c1-5(11)8(12)6-7(9(13)14-4)10(6,2)3/h5-8H,1-4H3/t5?,6-,7-,8?/m0/s1. The quantitative estimate of drug-likeness (QED) is 0.588. The normalized spacial score (nSPS) is 33.3. The maximum absolute atomic E-state index is 11.5. The van der Waals surface area contributed by atoms with Gasteiger partial charge in [0.05, 0.1) is 13.0 Å². The zero-order chi connectivity index (χ0) is 11.1. The molecule has 0 aliphatic heterocycles. The smallest absolute Gasteiger partial charge is 0.309 e. The van der Waals surface area contributed by atoms with Gasteiger partial charge in [-0.3, -0.25) is 4.79 Å². The highest BCUT2D eigenvalue weighted by Crippen LogP contribution is 2.62. The van der Waals surface area contributed by atoms with Crippen LogP contribution in [0.1, 0.15) is 20.8 Å². The maximum atomic E-state index is 11.5. The molecule has 0 bridgehead atoms. The minimum Gasteiger partial charge on any atom is -0.469 e. The summed E-state index contributed by atoms with van der Waals surface area (Å²) in [6.45, 7) is 6.31. The van der Waals surface area contributed by atoms with Crippen LogP contribution in [0.4, 0.5) is 0 Å². The summed E-state index contributed by atoms with van der Waals surface area (Å²) in [7, 11) is 1.45. The van der Waals surface area contributed by atoms with Gasteiger partial charge in [-0.05, 0) is 11.3 Å². The molecule has 2 nitrogen and oxygen atoms in total. The number of hydrogen-bond acceptors (Lipinski definition) is 2. The van der Waals surface area contributed by atoms with Gasteiger partial charge in [0, 0.05) is 9.65 Å². The van der Waals surface area contributed by atoms with E-state index in [0.29, 0.717) is 15.6 Å². The molecule has 0 aromatic carbocycles. The van der Waals surface area contributed by atoms with Gasteiger partial charge in [-0.25, -0.2) is 0 Å². The molecule has 4 heteroatoms. The largest absolute Gasteiger partial charge is 0.469 e. The molecule has 0 amide bonds. The van der Waals surface area contributed by atoms with Gasteiger partial charge in [-0.15, -0.1) is 0 Å². The zero-order valence-corrected chi connectivity index (χ0v) is 12.1. The lowest BCUT2D eigenvalue weighted by molar-refractivity contribution is -0.143. The van der Waals surface area contributed by atoms with Crippen molar-refractivity contribution in [2.75, 3.05) is 7.11 Å². The van der Waals surface area contributed by atoms with Crippen molar-refractivity contribution in [3.63, 3.8) is 0 Å². The Morgan fingerprint density at radius 2 is 1.93 bits per heavy atom. The Labute approximate surface area is 102 Å². The SMILES string of the molecule is COC(=O)[C@@H]1[C@@H](C(Br)C(C)Br)C1(C)C. The molecule has 82 valence electrons. The fourth-order valence-electron chi connectivity index (χ4n) is 2.13. The Morgan fingerprint density at radius 1 is 1.43 bits per heavy atom. The summed E-state index contributed by atoms with van der Waals surface area (Å²) in [6, 6.07) is 0. The second-order valence-electron chi connectivity index (χ2n) is 4.47. The Balaban J connectivity index is 2.70. The summed E-state index contributed by atoms with van der Waals surface area (Å²) in [4.78, 5) is 12.2. The number of esters is 1. The van der Waals surface area contributed by atoms with Gasteiger partial charge in [-0.1, -0.05) is 52.6 Å². The van der Waals surface area contributed by atoms with Crippen LogP contribution in [0.25, 0.3) is 0 Å². The van der Waals surface area contributed by atoms with E-state index in [-0.39, 0.29) is 17.3 Å². The molecular weight excluding hydrogens is 312 g/mol. The summed E-state index contributed by atoms with van der Waals surface area (Å²) in [5, 5.41) is 0. The first-order chi connectivity index (χ1) is 6.34. The summed E-state index contributed by atoms with van der Waals surface area (Å²) in [6.07, 6.45) is 0. The van der Waals surface area contributed by atoms with Crippen molar-refractivity contribution in [1.29, 1.82) is 0 Å². The number of hydrogen-bond donors (Lipinski definition) is 0. The fourth-order valence-corrected chi connectivity index (χ4v) is 3.45. The molecule has 0 saturated heterocycles. The Hall–Kier alpha value is 0.430. The molecule has 4 atom stereocenters. The highest BCUT2D eigenvalue weighted by molar-refractivity contribution is 9.12.